The highest BCUT2D eigenvalue weighted by atomic mass is 32.2. The fraction of sp³-hybridized carbons (Fsp3) is 0.833. The van der Waals surface area contributed by atoms with E-state index >= 15 is 0 Å². The first-order valence-corrected chi connectivity index (χ1v) is 8.28. The Labute approximate surface area is 116 Å². The molecule has 8 heteroatoms. The Balaban J connectivity index is 1.74. The number of fused-ring (bicyclic) bond motifs is 1. The van der Waals surface area contributed by atoms with Gasteiger partial charge in [-0.2, -0.15) is 8.42 Å². The first kappa shape index (κ1) is 13.8. The van der Waals surface area contributed by atoms with E-state index in [2.05, 4.69) is 0 Å². The fourth-order valence-corrected chi connectivity index (χ4v) is 4.14. The normalized spacial score (nSPS) is 39.2. The highest BCUT2D eigenvalue weighted by molar-refractivity contribution is 7.86. The molecule has 0 aromatic carbocycles. The molecule has 2 aliphatic heterocycles. The molecule has 7 nitrogen and oxygen atoms in total. The zero-order valence-corrected chi connectivity index (χ0v) is 11.5. The average Bonchev–Trinajstić information content (AvgIpc) is 2.45. The lowest BCUT2D eigenvalue weighted by atomic mass is 9.67. The summed E-state index contributed by atoms with van der Waals surface area (Å²) in [6, 6.07) is 0. The number of rotatable bonds is 3. The van der Waals surface area contributed by atoms with Crippen molar-refractivity contribution in [2.75, 3.05) is 5.75 Å². The lowest BCUT2D eigenvalue weighted by Crippen LogP contribution is -2.45. The van der Waals surface area contributed by atoms with Crippen LogP contribution < -0.4 is 0 Å². The number of hydrogen-bond acceptors (Lipinski definition) is 6. The highest BCUT2D eigenvalue weighted by Gasteiger charge is 2.51. The summed E-state index contributed by atoms with van der Waals surface area (Å²) in [5, 5.41) is 0. The molecule has 4 aliphatic rings. The molecular weight excluding hydrogens is 288 g/mol. The number of carbonyl (C=O) groups is 2. The lowest BCUT2D eigenvalue weighted by molar-refractivity contribution is -0.170. The van der Waals surface area contributed by atoms with Gasteiger partial charge in [0.25, 0.3) is 10.1 Å². The van der Waals surface area contributed by atoms with Gasteiger partial charge in [-0.25, -0.2) is 0 Å². The minimum atomic E-state index is -4.40. The first-order chi connectivity index (χ1) is 9.32. The molecule has 112 valence electrons. The second-order valence-electron chi connectivity index (χ2n) is 5.92. The van der Waals surface area contributed by atoms with Gasteiger partial charge in [-0.15, -0.1) is 0 Å². The average molecular weight is 304 g/mol. The van der Waals surface area contributed by atoms with Crippen molar-refractivity contribution in [3.05, 3.63) is 0 Å². The molecule has 4 bridgehead atoms. The minimum Gasteiger partial charge on any atom is -0.458 e. The Morgan fingerprint density at radius 2 is 2.05 bits per heavy atom. The van der Waals surface area contributed by atoms with Crippen LogP contribution in [0.15, 0.2) is 0 Å². The maximum absolute atomic E-state index is 11.8. The predicted molar refractivity (Wildman–Crippen MR) is 65.1 cm³/mol. The van der Waals surface area contributed by atoms with Crippen LogP contribution in [0.25, 0.3) is 0 Å². The summed E-state index contributed by atoms with van der Waals surface area (Å²) < 4.78 is 40.5. The number of hydrogen-bond donors (Lipinski definition) is 1. The highest BCUT2D eigenvalue weighted by Crippen LogP contribution is 2.48. The second-order valence-corrected chi connectivity index (χ2v) is 7.37. The quantitative estimate of drug-likeness (QED) is 0.584. The van der Waals surface area contributed by atoms with Crippen molar-refractivity contribution in [1.82, 2.24) is 0 Å². The van der Waals surface area contributed by atoms with Crippen LogP contribution in [0.4, 0.5) is 0 Å². The number of ether oxygens (including phenoxy) is 2. The summed E-state index contributed by atoms with van der Waals surface area (Å²) >= 11 is 0. The van der Waals surface area contributed by atoms with E-state index in [0.29, 0.717) is 18.8 Å². The van der Waals surface area contributed by atoms with E-state index in [4.69, 9.17) is 14.0 Å². The molecule has 4 fully saturated rings. The molecule has 2 heterocycles. The molecular formula is C12H16O7S. The standard InChI is InChI=1S/C12H16O7S/c13-10(5-20(15,16)17)19-11-7-1-6-2-8(4-7)12(14)18-9(11)3-6/h6-9,11H,1-5H2,(H,15,16,17). The zero-order valence-electron chi connectivity index (χ0n) is 10.7. The Morgan fingerprint density at radius 1 is 1.30 bits per heavy atom. The molecule has 2 aliphatic carbocycles. The van der Waals surface area contributed by atoms with Crippen molar-refractivity contribution in [2.24, 2.45) is 17.8 Å². The third kappa shape index (κ3) is 2.67. The van der Waals surface area contributed by atoms with E-state index in [1.165, 1.54) is 0 Å². The molecule has 0 spiro atoms. The third-order valence-corrected chi connectivity index (χ3v) is 5.01. The molecule has 20 heavy (non-hydrogen) atoms. The van der Waals surface area contributed by atoms with Gasteiger partial charge in [0.15, 0.2) is 5.75 Å². The van der Waals surface area contributed by atoms with Crippen LogP contribution in [0.3, 0.4) is 0 Å². The molecule has 0 amide bonds. The molecule has 1 N–H and O–H groups in total. The molecule has 0 aromatic heterocycles. The topological polar surface area (TPSA) is 107 Å². The smallest absolute Gasteiger partial charge is 0.324 e. The predicted octanol–water partition coefficient (Wildman–Crippen LogP) is 0.148. The first-order valence-electron chi connectivity index (χ1n) is 6.67. The van der Waals surface area contributed by atoms with E-state index in [0.717, 1.165) is 12.8 Å². The molecule has 5 atom stereocenters. The molecule has 2 saturated heterocycles. The summed E-state index contributed by atoms with van der Waals surface area (Å²) in [7, 11) is -4.40. The fourth-order valence-electron chi connectivity index (χ4n) is 3.77. The summed E-state index contributed by atoms with van der Waals surface area (Å²) in [5.41, 5.74) is 0. The van der Waals surface area contributed by atoms with Gasteiger partial charge in [0.1, 0.15) is 12.2 Å². The van der Waals surface area contributed by atoms with E-state index in [1.54, 1.807) is 0 Å². The Morgan fingerprint density at radius 3 is 2.75 bits per heavy atom. The monoisotopic (exact) mass is 304 g/mol. The van der Waals surface area contributed by atoms with Gasteiger partial charge in [0.2, 0.25) is 0 Å². The van der Waals surface area contributed by atoms with Crippen molar-refractivity contribution >= 4 is 22.1 Å². The summed E-state index contributed by atoms with van der Waals surface area (Å²) in [5.74, 6) is -1.99. The summed E-state index contributed by atoms with van der Waals surface area (Å²) in [6.07, 6.45) is 1.90. The van der Waals surface area contributed by atoms with Crippen LogP contribution in [0.1, 0.15) is 25.7 Å². The number of carbonyl (C=O) groups excluding carboxylic acids is 2. The van der Waals surface area contributed by atoms with Gasteiger partial charge in [-0.1, -0.05) is 0 Å². The van der Waals surface area contributed by atoms with Crippen LogP contribution in [-0.4, -0.2) is 42.9 Å². The molecule has 4 rings (SSSR count). The van der Waals surface area contributed by atoms with Gasteiger partial charge in [0, 0.05) is 5.92 Å². The largest absolute Gasteiger partial charge is 0.458 e. The lowest BCUT2D eigenvalue weighted by Gasteiger charge is -2.41. The molecule has 2 saturated carbocycles. The van der Waals surface area contributed by atoms with Crippen molar-refractivity contribution in [3.63, 3.8) is 0 Å². The van der Waals surface area contributed by atoms with Crippen LogP contribution in [0.2, 0.25) is 0 Å². The van der Waals surface area contributed by atoms with Crippen molar-refractivity contribution < 1.29 is 32.0 Å². The van der Waals surface area contributed by atoms with Gasteiger partial charge in [-0.3, -0.25) is 14.1 Å². The van der Waals surface area contributed by atoms with Crippen LogP contribution >= 0.6 is 0 Å². The summed E-state index contributed by atoms with van der Waals surface area (Å²) in [6.45, 7) is 0. The van der Waals surface area contributed by atoms with Gasteiger partial charge < -0.3 is 9.47 Å². The maximum Gasteiger partial charge on any atom is 0.324 e. The van der Waals surface area contributed by atoms with E-state index in [1.807, 2.05) is 0 Å². The van der Waals surface area contributed by atoms with Crippen LogP contribution in [0.5, 0.6) is 0 Å². The summed E-state index contributed by atoms with van der Waals surface area (Å²) in [4.78, 5) is 23.4. The van der Waals surface area contributed by atoms with E-state index < -0.39 is 34.0 Å². The van der Waals surface area contributed by atoms with Gasteiger partial charge >= 0.3 is 11.9 Å². The van der Waals surface area contributed by atoms with Crippen molar-refractivity contribution in [2.45, 2.75) is 37.9 Å². The molecule has 5 unspecified atom stereocenters. The Kier molecular flexibility index (Phi) is 3.24. The van der Waals surface area contributed by atoms with Crippen LogP contribution in [0, 0.1) is 17.8 Å². The van der Waals surface area contributed by atoms with Crippen molar-refractivity contribution in [1.29, 1.82) is 0 Å². The Bertz CT molecular complexity index is 540. The maximum atomic E-state index is 11.8. The second kappa shape index (κ2) is 4.70. The third-order valence-electron chi connectivity index (χ3n) is 4.41. The van der Waals surface area contributed by atoms with Gasteiger partial charge in [-0.05, 0) is 31.6 Å². The zero-order chi connectivity index (χ0) is 14.5. The number of esters is 2. The Hall–Kier alpha value is -1.15. The molecule has 0 radical (unpaired) electrons. The minimum absolute atomic E-state index is 0.0364. The molecule has 0 aromatic rings. The SMILES string of the molecule is O=C(CS(=O)(=O)O)OC1C2CC3CC(C2)C(=O)OC1C3. The van der Waals surface area contributed by atoms with Crippen LogP contribution in [-0.2, 0) is 29.2 Å². The van der Waals surface area contributed by atoms with E-state index in [9.17, 15) is 18.0 Å². The van der Waals surface area contributed by atoms with E-state index in [-0.39, 0.29) is 17.8 Å². The van der Waals surface area contributed by atoms with Crippen molar-refractivity contribution in [3.8, 4) is 0 Å². The van der Waals surface area contributed by atoms with Gasteiger partial charge in [0.05, 0.1) is 5.92 Å².